The highest BCUT2D eigenvalue weighted by Crippen LogP contribution is 2.20. The Morgan fingerprint density at radius 2 is 1.45 bits per heavy atom. The van der Waals surface area contributed by atoms with Gasteiger partial charge in [-0.1, -0.05) is 36.4 Å². The van der Waals surface area contributed by atoms with Gasteiger partial charge in [-0.2, -0.15) is 8.42 Å². The molecule has 0 radical (unpaired) electrons. The summed E-state index contributed by atoms with van der Waals surface area (Å²) in [6, 6.07) is 24.9. The van der Waals surface area contributed by atoms with Gasteiger partial charge in [-0.15, -0.1) is 0 Å². The molecule has 6 N–H and O–H groups in total. The van der Waals surface area contributed by atoms with Gasteiger partial charge in [-0.3, -0.25) is 14.1 Å². The number of nitrogens with two attached hydrogens (primary N) is 2. The van der Waals surface area contributed by atoms with Crippen LogP contribution < -0.4 is 16.8 Å². The summed E-state index contributed by atoms with van der Waals surface area (Å²) >= 11 is 0. The number of rotatable bonds is 3. The lowest BCUT2D eigenvalue weighted by Gasteiger charge is -2.03. The molecule has 4 aromatic rings. The van der Waals surface area contributed by atoms with Crippen molar-refractivity contribution in [2.24, 2.45) is 5.73 Å². The number of hydrogen-bond acceptors (Lipinski definition) is 6. The predicted molar refractivity (Wildman–Crippen MR) is 127 cm³/mol. The number of amides is 2. The van der Waals surface area contributed by atoms with Crippen LogP contribution in [-0.4, -0.2) is 31.0 Å². The SMILES string of the molecule is CS(=O)(=O)O.NC(=O)c1ccc(NC(=O)c2cc3ccccc3o2)cc1.Nc1ccccc1. The van der Waals surface area contributed by atoms with Gasteiger partial charge >= 0.3 is 0 Å². The lowest BCUT2D eigenvalue weighted by Crippen LogP contribution is -2.12. The maximum absolute atomic E-state index is 12.1. The van der Waals surface area contributed by atoms with Crippen LogP contribution in [0.25, 0.3) is 11.0 Å². The molecule has 10 heteroatoms. The van der Waals surface area contributed by atoms with Gasteiger partial charge in [0.1, 0.15) is 5.58 Å². The van der Waals surface area contributed by atoms with Gasteiger partial charge in [0, 0.05) is 22.3 Å². The minimum Gasteiger partial charge on any atom is -0.451 e. The van der Waals surface area contributed by atoms with Crippen LogP contribution >= 0.6 is 0 Å². The van der Waals surface area contributed by atoms with E-state index < -0.39 is 16.0 Å². The van der Waals surface area contributed by atoms with Crippen molar-refractivity contribution in [1.82, 2.24) is 0 Å². The number of furan rings is 1. The number of nitrogens with one attached hydrogen (secondary N) is 1. The van der Waals surface area contributed by atoms with Crippen LogP contribution in [0.4, 0.5) is 11.4 Å². The minimum absolute atomic E-state index is 0.232. The zero-order valence-electron chi connectivity index (χ0n) is 17.6. The molecule has 2 amide bonds. The summed E-state index contributed by atoms with van der Waals surface area (Å²) < 4.78 is 31.3. The third-order valence-electron chi connectivity index (χ3n) is 3.88. The van der Waals surface area contributed by atoms with E-state index in [4.69, 9.17) is 20.4 Å². The molecule has 33 heavy (non-hydrogen) atoms. The number of carbonyl (C=O) groups is 2. The fraction of sp³-hybridized carbons (Fsp3) is 0.0435. The van der Waals surface area contributed by atoms with E-state index in [2.05, 4.69) is 5.32 Å². The van der Waals surface area contributed by atoms with Crippen molar-refractivity contribution in [2.75, 3.05) is 17.3 Å². The van der Waals surface area contributed by atoms with Gasteiger partial charge in [-0.25, -0.2) is 0 Å². The highest BCUT2D eigenvalue weighted by atomic mass is 32.2. The van der Waals surface area contributed by atoms with E-state index in [1.165, 1.54) is 0 Å². The van der Waals surface area contributed by atoms with Crippen molar-refractivity contribution in [2.45, 2.75) is 0 Å². The van der Waals surface area contributed by atoms with Crippen LogP contribution in [0.3, 0.4) is 0 Å². The number of para-hydroxylation sites is 2. The monoisotopic (exact) mass is 469 g/mol. The number of nitrogen functional groups attached to an aromatic ring is 1. The molecule has 0 saturated carbocycles. The Morgan fingerprint density at radius 1 is 0.909 bits per heavy atom. The second-order valence-electron chi connectivity index (χ2n) is 6.69. The number of benzene rings is 3. The fourth-order valence-electron chi connectivity index (χ4n) is 2.46. The van der Waals surface area contributed by atoms with Crippen molar-refractivity contribution in [3.8, 4) is 0 Å². The van der Waals surface area contributed by atoms with Gasteiger partial charge in [0.2, 0.25) is 5.91 Å². The van der Waals surface area contributed by atoms with E-state index >= 15 is 0 Å². The Kier molecular flexibility index (Phi) is 8.72. The molecule has 0 atom stereocenters. The summed E-state index contributed by atoms with van der Waals surface area (Å²) in [5.74, 6) is -0.627. The first-order chi connectivity index (χ1) is 15.5. The summed E-state index contributed by atoms with van der Waals surface area (Å²) in [6.45, 7) is 0. The molecule has 0 aliphatic carbocycles. The summed E-state index contributed by atoms with van der Waals surface area (Å²) in [7, 11) is -3.67. The molecule has 0 aliphatic heterocycles. The van der Waals surface area contributed by atoms with Crippen molar-refractivity contribution >= 4 is 44.3 Å². The van der Waals surface area contributed by atoms with Crippen molar-refractivity contribution in [3.63, 3.8) is 0 Å². The molecule has 9 nitrogen and oxygen atoms in total. The van der Waals surface area contributed by atoms with Crippen molar-refractivity contribution < 1.29 is 27.0 Å². The average Bonchev–Trinajstić information content (AvgIpc) is 3.18. The first-order valence-corrected chi connectivity index (χ1v) is 11.3. The first kappa shape index (κ1) is 25.1. The number of hydrogen-bond donors (Lipinski definition) is 4. The lowest BCUT2D eigenvalue weighted by molar-refractivity contribution is 0.0992. The highest BCUT2D eigenvalue weighted by Gasteiger charge is 2.12. The third-order valence-corrected chi connectivity index (χ3v) is 3.88. The van der Waals surface area contributed by atoms with E-state index in [1.54, 1.807) is 36.4 Å². The van der Waals surface area contributed by atoms with Gasteiger partial charge in [-0.05, 0) is 48.5 Å². The van der Waals surface area contributed by atoms with Crippen molar-refractivity contribution in [1.29, 1.82) is 0 Å². The molecular weight excluding hydrogens is 446 g/mol. The Labute approximate surface area is 190 Å². The third kappa shape index (κ3) is 9.25. The molecule has 0 aliphatic rings. The first-order valence-electron chi connectivity index (χ1n) is 9.45. The van der Waals surface area contributed by atoms with Gasteiger partial charge < -0.3 is 21.2 Å². The quantitative estimate of drug-likeness (QED) is 0.263. The average molecular weight is 470 g/mol. The summed E-state index contributed by atoms with van der Waals surface area (Å²) in [4.78, 5) is 23.1. The molecular formula is C23H23N3O6S. The van der Waals surface area contributed by atoms with Crippen LogP contribution in [0.5, 0.6) is 0 Å². The van der Waals surface area contributed by atoms with Crippen LogP contribution in [0, 0.1) is 0 Å². The number of fused-ring (bicyclic) bond motifs is 1. The summed E-state index contributed by atoms with van der Waals surface area (Å²) in [5, 5.41) is 3.57. The smallest absolute Gasteiger partial charge is 0.291 e. The molecule has 0 bridgehead atoms. The van der Waals surface area contributed by atoms with Crippen LogP contribution in [0.15, 0.2) is 89.3 Å². The minimum atomic E-state index is -3.67. The van der Waals surface area contributed by atoms with Crippen LogP contribution in [0.2, 0.25) is 0 Å². The molecule has 4 rings (SSSR count). The standard InChI is InChI=1S/C16H12N2O3.C6H7N.CH4O3S/c17-15(19)10-5-7-12(8-6-10)18-16(20)14-9-11-3-1-2-4-13(11)21-14;7-6-4-2-1-3-5-6;1-5(2,3)4/h1-9H,(H2,17,19)(H,18,20);1-5H,7H2;1H3,(H,2,3,4). The molecule has 0 unspecified atom stereocenters. The van der Waals surface area contributed by atoms with Gasteiger partial charge in [0.15, 0.2) is 5.76 Å². The fourth-order valence-corrected chi connectivity index (χ4v) is 2.46. The second kappa shape index (κ2) is 11.5. The lowest BCUT2D eigenvalue weighted by atomic mass is 10.2. The zero-order valence-corrected chi connectivity index (χ0v) is 18.5. The number of anilines is 2. The number of carbonyl (C=O) groups excluding carboxylic acids is 2. The molecule has 1 aromatic heterocycles. The highest BCUT2D eigenvalue weighted by molar-refractivity contribution is 7.85. The van der Waals surface area contributed by atoms with Crippen LogP contribution in [0.1, 0.15) is 20.9 Å². The Hall–Kier alpha value is -4.15. The van der Waals surface area contributed by atoms with Gasteiger partial charge in [0.05, 0.1) is 6.26 Å². The molecule has 3 aromatic carbocycles. The Morgan fingerprint density at radius 3 is 1.94 bits per heavy atom. The van der Waals surface area contributed by atoms with E-state index in [0.29, 0.717) is 23.1 Å². The van der Waals surface area contributed by atoms with Gasteiger partial charge in [0.25, 0.3) is 16.0 Å². The second-order valence-corrected chi connectivity index (χ2v) is 8.15. The molecule has 1 heterocycles. The summed E-state index contributed by atoms with van der Waals surface area (Å²) in [5.41, 5.74) is 12.9. The molecule has 0 fully saturated rings. The maximum atomic E-state index is 12.1. The summed E-state index contributed by atoms with van der Waals surface area (Å²) in [6.07, 6.45) is 0.715. The Bertz CT molecular complexity index is 1280. The molecule has 172 valence electrons. The van der Waals surface area contributed by atoms with E-state index in [-0.39, 0.29) is 11.7 Å². The van der Waals surface area contributed by atoms with E-state index in [0.717, 1.165) is 11.1 Å². The molecule has 0 saturated heterocycles. The largest absolute Gasteiger partial charge is 0.451 e. The van der Waals surface area contributed by atoms with Crippen LogP contribution in [-0.2, 0) is 10.1 Å². The normalized spacial score (nSPS) is 10.2. The predicted octanol–water partition coefficient (Wildman–Crippen LogP) is 3.56. The zero-order chi connectivity index (χ0) is 24.4. The molecule has 0 spiro atoms. The Balaban J connectivity index is 0.000000264. The topological polar surface area (TPSA) is 166 Å². The number of primary amides is 1. The van der Waals surface area contributed by atoms with Crippen molar-refractivity contribution in [3.05, 3.63) is 96.3 Å². The van der Waals surface area contributed by atoms with E-state index in [9.17, 15) is 18.0 Å². The van der Waals surface area contributed by atoms with E-state index in [1.807, 2.05) is 48.5 Å². The maximum Gasteiger partial charge on any atom is 0.291 e.